The van der Waals surface area contributed by atoms with Gasteiger partial charge in [-0.2, -0.15) is 4.99 Å². The molecule has 0 bridgehead atoms. The smallest absolute Gasteiger partial charge is 0.211 e. The molecular weight excluding hydrogens is 242 g/mol. The van der Waals surface area contributed by atoms with Crippen LogP contribution >= 0.6 is 11.8 Å². The first kappa shape index (κ1) is 12.6. The van der Waals surface area contributed by atoms with Crippen molar-refractivity contribution in [3.8, 4) is 0 Å². The molecule has 2 aromatic carbocycles. The van der Waals surface area contributed by atoms with Crippen molar-refractivity contribution >= 4 is 23.5 Å². The number of carbonyl (C=O) groups excluding carboxylic acids is 1. The number of isocyanates is 1. The molecule has 0 unspecified atom stereocenters. The maximum atomic E-state index is 10.3. The van der Waals surface area contributed by atoms with E-state index in [0.29, 0.717) is 5.69 Å². The molecule has 0 amide bonds. The predicted molar refractivity (Wildman–Crippen MR) is 75.0 cm³/mol. The summed E-state index contributed by atoms with van der Waals surface area (Å²) in [7, 11) is 0. The van der Waals surface area contributed by atoms with Crippen molar-refractivity contribution in [2.45, 2.75) is 17.6 Å². The van der Waals surface area contributed by atoms with E-state index in [4.69, 9.17) is 0 Å². The molecule has 0 radical (unpaired) electrons. The lowest BCUT2D eigenvalue weighted by Crippen LogP contribution is -1.82. The number of benzene rings is 2. The molecule has 90 valence electrons. The molecule has 0 spiro atoms. The van der Waals surface area contributed by atoms with Gasteiger partial charge in [0.15, 0.2) is 0 Å². The molecule has 18 heavy (non-hydrogen) atoms. The summed E-state index contributed by atoms with van der Waals surface area (Å²) in [5, 5.41) is 0. The Kier molecular flexibility index (Phi) is 4.35. The zero-order chi connectivity index (χ0) is 12.8. The van der Waals surface area contributed by atoms with Crippen LogP contribution in [0.2, 0.25) is 0 Å². The van der Waals surface area contributed by atoms with Crippen molar-refractivity contribution < 1.29 is 4.79 Å². The fraction of sp³-hybridized carbons (Fsp3) is 0.133. The van der Waals surface area contributed by atoms with Crippen molar-refractivity contribution in [2.24, 2.45) is 4.99 Å². The quantitative estimate of drug-likeness (QED) is 0.464. The van der Waals surface area contributed by atoms with Crippen molar-refractivity contribution in [3.63, 3.8) is 0 Å². The second-order valence-electron chi connectivity index (χ2n) is 3.95. The van der Waals surface area contributed by atoms with E-state index in [0.717, 1.165) is 10.6 Å². The number of rotatable bonds is 4. The average molecular weight is 255 g/mol. The molecule has 2 nitrogen and oxygen atoms in total. The van der Waals surface area contributed by atoms with E-state index in [2.05, 4.69) is 36.2 Å². The maximum Gasteiger partial charge on any atom is 0.240 e. The van der Waals surface area contributed by atoms with Gasteiger partial charge in [0.25, 0.3) is 0 Å². The van der Waals surface area contributed by atoms with E-state index in [-0.39, 0.29) is 0 Å². The molecule has 0 N–H and O–H groups in total. The van der Waals surface area contributed by atoms with Gasteiger partial charge in [0.05, 0.1) is 5.69 Å². The number of nitrogens with zero attached hydrogens (tertiary/aromatic N) is 1. The zero-order valence-corrected chi connectivity index (χ0v) is 10.9. The van der Waals surface area contributed by atoms with Crippen molar-refractivity contribution in [3.05, 3.63) is 59.7 Å². The van der Waals surface area contributed by atoms with Gasteiger partial charge in [-0.3, -0.25) is 0 Å². The Labute approximate surface area is 111 Å². The summed E-state index contributed by atoms with van der Waals surface area (Å²) < 4.78 is 0. The molecule has 0 aromatic heterocycles. The van der Waals surface area contributed by atoms with Gasteiger partial charge >= 0.3 is 0 Å². The standard InChI is InChI=1S/C15H13NOS/c1-12-5-4-6-13(9-12)10-18-15-8-3-2-7-14(15)16-11-17/h2-9H,10H2,1H3. The van der Waals surface area contributed by atoms with Gasteiger partial charge in [0.1, 0.15) is 0 Å². The second-order valence-corrected chi connectivity index (χ2v) is 4.97. The van der Waals surface area contributed by atoms with Crippen LogP contribution in [0.5, 0.6) is 0 Å². The first-order valence-corrected chi connectivity index (χ1v) is 6.63. The van der Waals surface area contributed by atoms with E-state index in [9.17, 15) is 4.79 Å². The van der Waals surface area contributed by atoms with Gasteiger partial charge in [-0.15, -0.1) is 11.8 Å². The van der Waals surface area contributed by atoms with E-state index < -0.39 is 0 Å². The summed E-state index contributed by atoms with van der Waals surface area (Å²) in [6, 6.07) is 16.0. The summed E-state index contributed by atoms with van der Waals surface area (Å²) >= 11 is 1.68. The molecule has 0 aliphatic heterocycles. The molecule has 0 aliphatic carbocycles. The molecule has 2 aromatic rings. The minimum atomic E-state index is 0.685. The summed E-state index contributed by atoms with van der Waals surface area (Å²) in [4.78, 5) is 15.1. The largest absolute Gasteiger partial charge is 0.240 e. The molecule has 0 saturated carbocycles. The van der Waals surface area contributed by atoms with E-state index in [1.165, 1.54) is 11.1 Å². The third-order valence-electron chi connectivity index (χ3n) is 2.51. The number of hydrogen-bond acceptors (Lipinski definition) is 3. The van der Waals surface area contributed by atoms with Crippen LogP contribution in [0, 0.1) is 6.92 Å². The van der Waals surface area contributed by atoms with Crippen LogP contribution < -0.4 is 0 Å². The van der Waals surface area contributed by atoms with Crippen LogP contribution in [0.15, 0.2) is 58.4 Å². The Balaban J connectivity index is 2.13. The van der Waals surface area contributed by atoms with E-state index >= 15 is 0 Å². The van der Waals surface area contributed by atoms with E-state index in [1.807, 2.05) is 24.3 Å². The van der Waals surface area contributed by atoms with Gasteiger partial charge in [0.2, 0.25) is 6.08 Å². The third-order valence-corrected chi connectivity index (χ3v) is 3.64. The third kappa shape index (κ3) is 3.33. The molecule has 0 aliphatic rings. The van der Waals surface area contributed by atoms with Crippen LogP contribution in [0.4, 0.5) is 5.69 Å². The fourth-order valence-electron chi connectivity index (χ4n) is 1.68. The lowest BCUT2D eigenvalue weighted by atomic mass is 10.2. The number of aliphatic imine (C=N–C) groups is 1. The molecule has 0 atom stereocenters. The monoisotopic (exact) mass is 255 g/mol. The Bertz CT molecular complexity index is 589. The summed E-state index contributed by atoms with van der Waals surface area (Å²) in [6.07, 6.45) is 1.59. The minimum absolute atomic E-state index is 0.685. The van der Waals surface area contributed by atoms with Crippen LogP contribution in [-0.4, -0.2) is 6.08 Å². The highest BCUT2D eigenvalue weighted by Crippen LogP contribution is 2.31. The van der Waals surface area contributed by atoms with Crippen molar-refractivity contribution in [1.82, 2.24) is 0 Å². The van der Waals surface area contributed by atoms with Gasteiger partial charge in [-0.25, -0.2) is 4.79 Å². The number of thioether (sulfide) groups is 1. The molecule has 0 saturated heterocycles. The lowest BCUT2D eigenvalue weighted by Gasteiger charge is -2.05. The van der Waals surface area contributed by atoms with Gasteiger partial charge in [-0.1, -0.05) is 42.0 Å². The Morgan fingerprint density at radius 1 is 1.17 bits per heavy atom. The van der Waals surface area contributed by atoms with Crippen LogP contribution in [-0.2, 0) is 10.5 Å². The average Bonchev–Trinajstić information content (AvgIpc) is 2.38. The fourth-order valence-corrected chi connectivity index (χ4v) is 2.62. The molecule has 3 heteroatoms. The highest BCUT2D eigenvalue weighted by atomic mass is 32.2. The number of para-hydroxylation sites is 1. The predicted octanol–water partition coefficient (Wildman–Crippen LogP) is 4.25. The van der Waals surface area contributed by atoms with Gasteiger partial charge in [-0.05, 0) is 24.6 Å². The SMILES string of the molecule is Cc1cccc(CSc2ccccc2N=C=O)c1. The first-order chi connectivity index (χ1) is 8.79. The number of aryl methyl sites for hydroxylation is 1. The highest BCUT2D eigenvalue weighted by Gasteiger charge is 2.02. The molecule has 0 heterocycles. The molecular formula is C15H13NOS. The van der Waals surface area contributed by atoms with Crippen molar-refractivity contribution in [2.75, 3.05) is 0 Å². The second kappa shape index (κ2) is 6.20. The minimum Gasteiger partial charge on any atom is -0.211 e. The Hall–Kier alpha value is -1.83. The van der Waals surface area contributed by atoms with Crippen LogP contribution in [0.25, 0.3) is 0 Å². The molecule has 2 rings (SSSR count). The Morgan fingerprint density at radius 3 is 2.78 bits per heavy atom. The summed E-state index contributed by atoms with van der Waals surface area (Å²) in [5.41, 5.74) is 3.21. The summed E-state index contributed by atoms with van der Waals surface area (Å²) in [6.45, 7) is 2.08. The van der Waals surface area contributed by atoms with Crippen LogP contribution in [0.1, 0.15) is 11.1 Å². The van der Waals surface area contributed by atoms with E-state index in [1.54, 1.807) is 17.8 Å². The first-order valence-electron chi connectivity index (χ1n) is 5.65. The normalized spacial score (nSPS) is 9.83. The van der Waals surface area contributed by atoms with Crippen LogP contribution in [0.3, 0.4) is 0 Å². The lowest BCUT2D eigenvalue weighted by molar-refractivity contribution is 0.565. The number of hydrogen-bond donors (Lipinski definition) is 0. The maximum absolute atomic E-state index is 10.3. The van der Waals surface area contributed by atoms with Gasteiger partial charge in [0, 0.05) is 10.6 Å². The van der Waals surface area contributed by atoms with Crippen molar-refractivity contribution in [1.29, 1.82) is 0 Å². The topological polar surface area (TPSA) is 29.4 Å². The van der Waals surface area contributed by atoms with Gasteiger partial charge < -0.3 is 0 Å². The Morgan fingerprint density at radius 2 is 2.00 bits per heavy atom. The molecule has 0 fully saturated rings. The highest BCUT2D eigenvalue weighted by molar-refractivity contribution is 7.98. The summed E-state index contributed by atoms with van der Waals surface area (Å²) in [5.74, 6) is 0.868. The zero-order valence-electron chi connectivity index (χ0n) is 10.1.